The molecule has 10 aromatic carbocycles. The molecule has 0 saturated carbocycles. The lowest BCUT2D eigenvalue weighted by atomic mass is 9.97. The van der Waals surface area contributed by atoms with Crippen molar-refractivity contribution in [2.45, 2.75) is 0 Å². The summed E-state index contributed by atoms with van der Waals surface area (Å²) in [5.74, 6) is 0. The molecule has 0 saturated heterocycles. The van der Waals surface area contributed by atoms with Crippen LogP contribution in [-0.4, -0.2) is 9.97 Å². The molecule has 0 aliphatic carbocycles. The third-order valence-electron chi connectivity index (χ3n) is 11.7. The van der Waals surface area contributed by atoms with Gasteiger partial charge in [0.15, 0.2) is 0 Å². The fourth-order valence-electron chi connectivity index (χ4n) is 8.84. The molecular weight excluding hydrogens is 717 g/mol. The minimum Gasteiger partial charge on any atom is -0.235 e. The first-order valence-electron chi connectivity index (χ1n) is 18.9. The van der Waals surface area contributed by atoms with Gasteiger partial charge >= 0.3 is 0 Å². The highest BCUT2D eigenvalue weighted by Gasteiger charge is 2.13. The molecule has 13 aromatic rings. The molecule has 0 N–H and O–H groups in total. The van der Waals surface area contributed by atoms with Gasteiger partial charge in [0.05, 0.1) is 21.1 Å². The average Bonchev–Trinajstić information content (AvgIpc) is 3.84. The van der Waals surface area contributed by atoms with Crippen molar-refractivity contribution in [3.8, 4) is 21.1 Å². The van der Waals surface area contributed by atoms with Crippen LogP contribution in [0.15, 0.2) is 170 Å². The average molecular weight is 745 g/mol. The van der Waals surface area contributed by atoms with Gasteiger partial charge in [0.1, 0.15) is 6.33 Å². The van der Waals surface area contributed by atoms with Gasteiger partial charge in [0, 0.05) is 9.40 Å². The lowest BCUT2D eigenvalue weighted by Gasteiger charge is -2.07. The van der Waals surface area contributed by atoms with Crippen LogP contribution in [0.2, 0.25) is 0 Å². The molecule has 13 rings (SSSR count). The minimum atomic E-state index is 0.956. The summed E-state index contributed by atoms with van der Waals surface area (Å²) in [5, 5.41) is 22.8. The van der Waals surface area contributed by atoms with Crippen LogP contribution in [0, 0.1) is 0 Å². The monoisotopic (exact) mass is 744 g/mol. The van der Waals surface area contributed by atoms with Crippen molar-refractivity contribution in [2.75, 3.05) is 0 Å². The minimum absolute atomic E-state index is 0.956. The number of rotatable bonds is 2. The number of hydrogen-bond donors (Lipinski definition) is 0. The van der Waals surface area contributed by atoms with Gasteiger partial charge in [-0.2, -0.15) is 0 Å². The Hall–Kier alpha value is -6.72. The SMILES string of the molecule is c1ccc2cc3cc4cc5cc6sc(-c7cc(-c8cc9cc%10cc%11cc%12cc%13ccccc%13cc%12cc%11cc%10cc9s8)ncn7)cc6cc5cc4cc3cc2c1. The number of fused-ring (bicyclic) bond motifs is 10. The largest absolute Gasteiger partial charge is 0.235 e. The number of benzene rings is 10. The molecule has 0 aliphatic rings. The van der Waals surface area contributed by atoms with E-state index < -0.39 is 0 Å². The predicted molar refractivity (Wildman–Crippen MR) is 244 cm³/mol. The molecule has 0 fully saturated rings. The van der Waals surface area contributed by atoms with E-state index in [1.54, 1.807) is 29.0 Å². The van der Waals surface area contributed by atoms with E-state index in [0.717, 1.165) is 21.1 Å². The van der Waals surface area contributed by atoms with Crippen molar-refractivity contribution in [3.05, 3.63) is 170 Å². The van der Waals surface area contributed by atoms with Gasteiger partial charge in [-0.15, -0.1) is 22.7 Å². The first-order chi connectivity index (χ1) is 27.6. The predicted octanol–water partition coefficient (Wildman–Crippen LogP) is 15.5. The van der Waals surface area contributed by atoms with Crippen molar-refractivity contribution in [1.29, 1.82) is 0 Å². The fraction of sp³-hybridized carbons (Fsp3) is 0. The van der Waals surface area contributed by atoms with Gasteiger partial charge in [0.25, 0.3) is 0 Å². The second-order valence-corrected chi connectivity index (χ2v) is 17.3. The fourth-order valence-corrected chi connectivity index (χ4v) is 11.0. The summed E-state index contributed by atoms with van der Waals surface area (Å²) in [6, 6.07) is 61.3. The van der Waals surface area contributed by atoms with Crippen molar-refractivity contribution < 1.29 is 0 Å². The maximum absolute atomic E-state index is 4.77. The lowest BCUT2D eigenvalue weighted by Crippen LogP contribution is -1.85. The van der Waals surface area contributed by atoms with Crippen LogP contribution >= 0.6 is 22.7 Å². The topological polar surface area (TPSA) is 25.8 Å². The van der Waals surface area contributed by atoms with Gasteiger partial charge in [-0.1, -0.05) is 48.5 Å². The summed E-state index contributed by atoms with van der Waals surface area (Å²) in [7, 11) is 0. The normalized spacial score (nSPS) is 12.3. The molecule has 0 unspecified atom stereocenters. The number of hydrogen-bond acceptors (Lipinski definition) is 4. The Morgan fingerprint density at radius 2 is 0.518 bits per heavy atom. The summed E-state index contributed by atoms with van der Waals surface area (Å²) in [5.41, 5.74) is 1.91. The van der Waals surface area contributed by atoms with Crippen molar-refractivity contribution in [2.24, 2.45) is 0 Å². The first kappa shape index (κ1) is 30.6. The summed E-state index contributed by atoms with van der Waals surface area (Å²) in [6.45, 7) is 0. The molecule has 258 valence electrons. The van der Waals surface area contributed by atoms with Crippen LogP contribution in [0.5, 0.6) is 0 Å². The highest BCUT2D eigenvalue weighted by atomic mass is 32.1. The van der Waals surface area contributed by atoms with Crippen LogP contribution in [0.4, 0.5) is 0 Å². The third-order valence-corrected chi connectivity index (χ3v) is 13.9. The summed E-state index contributed by atoms with van der Waals surface area (Å²) in [4.78, 5) is 11.9. The molecule has 0 spiro atoms. The number of aromatic nitrogens is 2. The zero-order valence-electron chi connectivity index (χ0n) is 29.9. The van der Waals surface area contributed by atoms with Crippen LogP contribution in [0.3, 0.4) is 0 Å². The van der Waals surface area contributed by atoms with E-state index in [2.05, 4.69) is 164 Å². The van der Waals surface area contributed by atoms with Crippen molar-refractivity contribution in [1.82, 2.24) is 9.97 Å². The van der Waals surface area contributed by atoms with Crippen LogP contribution in [-0.2, 0) is 0 Å². The van der Waals surface area contributed by atoms with Gasteiger partial charge in [0.2, 0.25) is 0 Å². The molecule has 3 heterocycles. The van der Waals surface area contributed by atoms with Crippen molar-refractivity contribution >= 4 is 129 Å². The third kappa shape index (κ3) is 4.80. The quantitative estimate of drug-likeness (QED) is 0.165. The van der Waals surface area contributed by atoms with Gasteiger partial charge in [-0.05, 0) is 212 Å². The molecular formula is C52H28N2S2. The van der Waals surface area contributed by atoms with Crippen molar-refractivity contribution in [3.63, 3.8) is 0 Å². The van der Waals surface area contributed by atoms with Crippen LogP contribution in [0.25, 0.3) is 127 Å². The van der Waals surface area contributed by atoms with E-state index in [4.69, 9.17) is 9.97 Å². The Bertz CT molecular complexity index is 3360. The summed E-state index contributed by atoms with van der Waals surface area (Å²) >= 11 is 3.60. The maximum atomic E-state index is 4.77. The van der Waals surface area contributed by atoms with Crippen LogP contribution in [0.1, 0.15) is 0 Å². The molecule has 0 amide bonds. The molecule has 0 radical (unpaired) electrons. The van der Waals surface area contributed by atoms with Gasteiger partial charge in [-0.3, -0.25) is 0 Å². The molecule has 3 aromatic heterocycles. The number of nitrogens with zero attached hydrogens (tertiary/aromatic N) is 2. The summed E-state index contributed by atoms with van der Waals surface area (Å²) in [6.07, 6.45) is 1.72. The molecule has 2 nitrogen and oxygen atoms in total. The van der Waals surface area contributed by atoms with Crippen LogP contribution < -0.4 is 0 Å². The Morgan fingerprint density at radius 1 is 0.250 bits per heavy atom. The molecule has 0 atom stereocenters. The Morgan fingerprint density at radius 3 is 0.839 bits per heavy atom. The number of thiophene rings is 2. The van der Waals surface area contributed by atoms with E-state index in [0.29, 0.717) is 0 Å². The molecule has 4 heteroatoms. The Balaban J connectivity index is 0.870. The second kappa shape index (κ2) is 11.4. The maximum Gasteiger partial charge on any atom is 0.116 e. The van der Waals surface area contributed by atoms with Gasteiger partial charge in [-0.25, -0.2) is 9.97 Å². The lowest BCUT2D eigenvalue weighted by molar-refractivity contribution is 1.19. The zero-order chi connectivity index (χ0) is 36.5. The molecule has 56 heavy (non-hydrogen) atoms. The van der Waals surface area contributed by atoms with E-state index >= 15 is 0 Å². The van der Waals surface area contributed by atoms with E-state index in [1.807, 2.05) is 0 Å². The Kier molecular flexibility index (Phi) is 6.23. The zero-order valence-corrected chi connectivity index (χ0v) is 31.5. The second-order valence-electron chi connectivity index (χ2n) is 15.2. The highest BCUT2D eigenvalue weighted by molar-refractivity contribution is 7.22. The van der Waals surface area contributed by atoms with E-state index in [1.165, 1.54) is 106 Å². The first-order valence-corrected chi connectivity index (χ1v) is 20.5. The van der Waals surface area contributed by atoms with E-state index in [-0.39, 0.29) is 0 Å². The van der Waals surface area contributed by atoms with Gasteiger partial charge < -0.3 is 0 Å². The smallest absolute Gasteiger partial charge is 0.116 e. The van der Waals surface area contributed by atoms with E-state index in [9.17, 15) is 0 Å². The highest BCUT2D eigenvalue weighted by Crippen LogP contribution is 2.41. The molecule has 0 bridgehead atoms. The summed E-state index contributed by atoms with van der Waals surface area (Å²) < 4.78 is 2.53. The Labute approximate surface area is 328 Å². The standard InChI is InChI=1S/C52H28N2S2/c1-3-7-31-11-35-15-39-19-43-23-49-45(21-41(43)17-37(39)13-33(35)9-29(31)5-1)25-51(55-49)47-27-48(54-28-53-47)52-26-46-22-42-18-38-14-34-10-30-6-2-4-8-32(30)12-36(34)16-40(38)20-44(42)24-50(46)56-52/h1-28H. The molecule has 0 aliphatic heterocycles.